The predicted octanol–water partition coefficient (Wildman–Crippen LogP) is 21.0. The van der Waals surface area contributed by atoms with Crippen molar-refractivity contribution in [2.45, 2.75) is 0 Å². The molecular formula is C72H48N4S. The van der Waals surface area contributed by atoms with Crippen LogP contribution in [0.15, 0.2) is 291 Å². The minimum Gasteiger partial charge on any atom is -0.310 e. The highest BCUT2D eigenvalue weighted by Crippen LogP contribution is 2.49. The molecule has 15 rings (SSSR count). The Labute approximate surface area is 450 Å². The van der Waals surface area contributed by atoms with Crippen LogP contribution in [0.5, 0.6) is 0 Å². The van der Waals surface area contributed by atoms with Gasteiger partial charge in [-0.15, -0.1) is 11.3 Å². The number of para-hydroxylation sites is 4. The third-order valence-corrected chi connectivity index (χ3v) is 16.5. The minimum atomic E-state index is 1.08. The fraction of sp³-hybridized carbons (Fsp3) is 0. The van der Waals surface area contributed by atoms with Crippen molar-refractivity contribution in [1.29, 1.82) is 0 Å². The molecule has 4 nitrogen and oxygen atoms in total. The van der Waals surface area contributed by atoms with Crippen molar-refractivity contribution in [3.05, 3.63) is 291 Å². The molecular weight excluding hydrogens is 953 g/mol. The van der Waals surface area contributed by atoms with E-state index in [2.05, 4.69) is 310 Å². The second-order valence-electron chi connectivity index (χ2n) is 19.7. The van der Waals surface area contributed by atoms with Gasteiger partial charge in [-0.1, -0.05) is 164 Å². The van der Waals surface area contributed by atoms with Gasteiger partial charge in [0.15, 0.2) is 0 Å². The van der Waals surface area contributed by atoms with Crippen molar-refractivity contribution >= 4 is 137 Å². The predicted molar refractivity (Wildman–Crippen MR) is 330 cm³/mol. The zero-order valence-electron chi connectivity index (χ0n) is 41.9. The van der Waals surface area contributed by atoms with Crippen LogP contribution in [0.1, 0.15) is 0 Å². The Hall–Kier alpha value is -9.94. The summed E-state index contributed by atoms with van der Waals surface area (Å²) in [7, 11) is 0. The third kappa shape index (κ3) is 7.58. The lowest BCUT2D eigenvalue weighted by Crippen LogP contribution is -2.10. The monoisotopic (exact) mass is 1000 g/mol. The lowest BCUT2D eigenvalue weighted by Gasteiger charge is -2.27. The molecule has 0 unspecified atom stereocenters. The summed E-state index contributed by atoms with van der Waals surface area (Å²) < 4.78 is 4.89. The number of thiophene rings is 1. The number of rotatable bonds is 10. The fourth-order valence-corrected chi connectivity index (χ4v) is 13.0. The molecule has 13 aromatic carbocycles. The minimum absolute atomic E-state index is 1.08. The second kappa shape index (κ2) is 18.5. The average molecular weight is 1000 g/mol. The summed E-state index contributed by atoms with van der Waals surface area (Å²) in [6, 6.07) is 106. The average Bonchev–Trinajstić information content (AvgIpc) is 4.04. The molecule has 0 bridgehead atoms. The van der Waals surface area contributed by atoms with Crippen molar-refractivity contribution in [3.63, 3.8) is 0 Å². The molecule has 0 radical (unpaired) electrons. The largest absolute Gasteiger partial charge is 0.310 e. The number of aromatic nitrogens is 1. The van der Waals surface area contributed by atoms with Crippen LogP contribution < -0.4 is 14.7 Å². The molecule has 0 N–H and O–H groups in total. The molecule has 0 aliphatic rings. The SMILES string of the molecule is c1ccc(N(c2ccccc2)c2ccc3c(c2)c2cc(N(c4ccc5sc6c(N(c7ccccc7)c7ccc8c(ccc9ccccc98)c7)cccc6c5c4)c4cccc5ccccc45)ccc2n3-c2ccccc2)cc1. The van der Waals surface area contributed by atoms with Gasteiger partial charge in [-0.05, 0) is 154 Å². The second-order valence-corrected chi connectivity index (χ2v) is 20.8. The summed E-state index contributed by atoms with van der Waals surface area (Å²) in [5, 5.41) is 12.2. The smallest absolute Gasteiger partial charge is 0.0640 e. The topological polar surface area (TPSA) is 14.7 Å². The quantitative estimate of drug-likeness (QED) is 0.127. The summed E-state index contributed by atoms with van der Waals surface area (Å²) in [5.74, 6) is 0. The van der Waals surface area contributed by atoms with E-state index in [1.165, 1.54) is 63.3 Å². The van der Waals surface area contributed by atoms with Crippen LogP contribution in [0.25, 0.3) is 80.0 Å². The summed E-state index contributed by atoms with van der Waals surface area (Å²) in [5.41, 5.74) is 13.4. The summed E-state index contributed by atoms with van der Waals surface area (Å²) >= 11 is 1.86. The standard InChI is InChI=1S/C72H48N4S/c1-5-22-52(23-6-1)73(53-24-7-2-8-25-53)57-38-42-68-64(46-57)65-47-58(39-43-69(65)76(68)55-28-11-4-12-29-55)75(67-33-17-21-49-19-14-16-31-62(49)67)59-40-44-71-66(48-59)63-32-18-34-70(72(63)77-71)74(54-26-9-3-10-27-54)56-37-41-61-51(45-56)36-35-50-20-13-15-30-60(50)61/h1-48H. The molecule has 2 aromatic heterocycles. The van der Waals surface area contributed by atoms with Crippen molar-refractivity contribution in [3.8, 4) is 5.69 Å². The van der Waals surface area contributed by atoms with Gasteiger partial charge in [0.1, 0.15) is 0 Å². The maximum atomic E-state index is 2.47. The first-order valence-corrected chi connectivity index (χ1v) is 27.1. The Morgan fingerprint density at radius 3 is 1.36 bits per heavy atom. The highest BCUT2D eigenvalue weighted by Gasteiger charge is 2.24. The zero-order valence-corrected chi connectivity index (χ0v) is 42.7. The Bertz CT molecular complexity index is 4660. The molecule has 5 heteroatoms. The first-order chi connectivity index (χ1) is 38.2. The number of fused-ring (bicyclic) bond motifs is 10. The number of anilines is 9. The summed E-state index contributed by atoms with van der Waals surface area (Å²) in [4.78, 5) is 7.26. The van der Waals surface area contributed by atoms with Crippen LogP contribution in [-0.2, 0) is 0 Å². The molecule has 362 valence electrons. The van der Waals surface area contributed by atoms with Crippen LogP contribution in [0.3, 0.4) is 0 Å². The Morgan fingerprint density at radius 1 is 0.247 bits per heavy atom. The van der Waals surface area contributed by atoms with Crippen LogP contribution in [0.2, 0.25) is 0 Å². The van der Waals surface area contributed by atoms with E-state index in [1.54, 1.807) is 0 Å². The van der Waals surface area contributed by atoms with Crippen LogP contribution in [-0.4, -0.2) is 4.57 Å². The van der Waals surface area contributed by atoms with Gasteiger partial charge in [0.2, 0.25) is 0 Å². The highest BCUT2D eigenvalue weighted by molar-refractivity contribution is 7.26. The molecule has 0 aliphatic carbocycles. The van der Waals surface area contributed by atoms with Crippen LogP contribution in [0.4, 0.5) is 51.2 Å². The molecule has 0 spiro atoms. The molecule has 77 heavy (non-hydrogen) atoms. The molecule has 0 amide bonds. The third-order valence-electron chi connectivity index (χ3n) is 15.3. The molecule has 0 atom stereocenters. The van der Waals surface area contributed by atoms with Crippen molar-refractivity contribution < 1.29 is 0 Å². The molecule has 0 fully saturated rings. The van der Waals surface area contributed by atoms with E-state index >= 15 is 0 Å². The zero-order chi connectivity index (χ0) is 50.8. The summed E-state index contributed by atoms with van der Waals surface area (Å²) in [6.07, 6.45) is 0. The highest BCUT2D eigenvalue weighted by atomic mass is 32.1. The molecule has 0 aliphatic heterocycles. The van der Waals surface area contributed by atoms with Crippen LogP contribution >= 0.6 is 11.3 Å². The van der Waals surface area contributed by atoms with Gasteiger partial charge in [0.25, 0.3) is 0 Å². The normalized spacial score (nSPS) is 11.6. The van der Waals surface area contributed by atoms with Gasteiger partial charge in [-0.2, -0.15) is 0 Å². The summed E-state index contributed by atoms with van der Waals surface area (Å²) in [6.45, 7) is 0. The first kappa shape index (κ1) is 44.5. The van der Waals surface area contributed by atoms with E-state index in [9.17, 15) is 0 Å². The number of hydrogen-bond donors (Lipinski definition) is 0. The molecule has 2 heterocycles. The maximum absolute atomic E-state index is 2.47. The Balaban J connectivity index is 0.928. The number of nitrogens with zero attached hydrogens (tertiary/aromatic N) is 4. The van der Waals surface area contributed by atoms with E-state index in [-0.39, 0.29) is 0 Å². The number of benzene rings is 13. The van der Waals surface area contributed by atoms with E-state index in [4.69, 9.17) is 0 Å². The van der Waals surface area contributed by atoms with Gasteiger partial charge in [0, 0.05) is 77.1 Å². The molecule has 0 saturated heterocycles. The van der Waals surface area contributed by atoms with E-state index in [0.717, 1.165) is 67.9 Å². The van der Waals surface area contributed by atoms with Gasteiger partial charge in [0.05, 0.1) is 27.1 Å². The molecule has 15 aromatic rings. The Kier molecular flexibility index (Phi) is 10.7. The van der Waals surface area contributed by atoms with Crippen LogP contribution in [0, 0.1) is 0 Å². The lowest BCUT2D eigenvalue weighted by atomic mass is 10.0. The lowest BCUT2D eigenvalue weighted by molar-refractivity contribution is 1.18. The van der Waals surface area contributed by atoms with E-state index in [1.807, 2.05) is 11.3 Å². The Morgan fingerprint density at radius 2 is 0.688 bits per heavy atom. The van der Waals surface area contributed by atoms with Crippen molar-refractivity contribution in [1.82, 2.24) is 4.57 Å². The van der Waals surface area contributed by atoms with E-state index < -0.39 is 0 Å². The van der Waals surface area contributed by atoms with E-state index in [0.29, 0.717) is 0 Å². The van der Waals surface area contributed by atoms with Gasteiger partial charge >= 0.3 is 0 Å². The van der Waals surface area contributed by atoms with Gasteiger partial charge < -0.3 is 19.3 Å². The maximum Gasteiger partial charge on any atom is 0.0640 e. The van der Waals surface area contributed by atoms with Gasteiger partial charge in [-0.3, -0.25) is 0 Å². The van der Waals surface area contributed by atoms with Crippen molar-refractivity contribution in [2.75, 3.05) is 14.7 Å². The fourth-order valence-electron chi connectivity index (χ4n) is 11.8. The molecule has 0 saturated carbocycles. The van der Waals surface area contributed by atoms with Crippen molar-refractivity contribution in [2.24, 2.45) is 0 Å². The van der Waals surface area contributed by atoms with Gasteiger partial charge in [-0.25, -0.2) is 0 Å². The first-order valence-electron chi connectivity index (χ1n) is 26.2. The number of hydrogen-bond acceptors (Lipinski definition) is 4.